The summed E-state index contributed by atoms with van der Waals surface area (Å²) in [7, 11) is 0. The van der Waals surface area contributed by atoms with Gasteiger partial charge in [0.2, 0.25) is 0 Å². The molecule has 1 aliphatic rings. The molecule has 0 spiro atoms. The molecule has 1 saturated heterocycles. The average molecular weight is 306 g/mol. The van der Waals surface area contributed by atoms with Crippen molar-refractivity contribution < 1.29 is 9.18 Å². The molecule has 0 saturated carbocycles. The third-order valence-electron chi connectivity index (χ3n) is 3.53. The number of amides is 2. The monoisotopic (exact) mass is 305 g/mol. The minimum Gasteiger partial charge on any atom is -0.290 e. The molecule has 0 radical (unpaired) electrons. The van der Waals surface area contributed by atoms with Gasteiger partial charge in [0.25, 0.3) is 0 Å². The lowest BCUT2D eigenvalue weighted by atomic mass is 10.2. The Morgan fingerprint density at radius 3 is 2.62 bits per heavy atom. The van der Waals surface area contributed by atoms with Crippen LogP contribution in [0, 0.1) is 12.7 Å². The van der Waals surface area contributed by atoms with E-state index in [1.807, 2.05) is 13.0 Å². The predicted octanol–water partition coefficient (Wildman–Crippen LogP) is 3.63. The van der Waals surface area contributed by atoms with Crippen molar-refractivity contribution in [2.24, 2.45) is 0 Å². The summed E-state index contributed by atoms with van der Waals surface area (Å²) in [4.78, 5) is 19.6. The quantitative estimate of drug-likeness (QED) is 0.849. The highest BCUT2D eigenvalue weighted by atomic mass is 35.5. The maximum Gasteiger partial charge on any atom is 0.329 e. The largest absolute Gasteiger partial charge is 0.329 e. The molecule has 2 aromatic rings. The number of nitrogens with zero attached hydrogens (tertiary/aromatic N) is 3. The molecule has 1 aromatic carbocycles. The molecule has 1 fully saturated rings. The summed E-state index contributed by atoms with van der Waals surface area (Å²) >= 11 is 5.78. The fourth-order valence-electron chi connectivity index (χ4n) is 2.42. The van der Waals surface area contributed by atoms with Gasteiger partial charge in [-0.15, -0.1) is 0 Å². The zero-order valence-corrected chi connectivity index (χ0v) is 12.1. The summed E-state index contributed by atoms with van der Waals surface area (Å²) in [5, 5.41) is 0.0105. The zero-order chi connectivity index (χ0) is 15.0. The topological polar surface area (TPSA) is 36.4 Å². The van der Waals surface area contributed by atoms with Crippen molar-refractivity contribution in [2.75, 3.05) is 22.9 Å². The molecule has 21 heavy (non-hydrogen) atoms. The van der Waals surface area contributed by atoms with Gasteiger partial charge < -0.3 is 0 Å². The SMILES string of the molecule is Cc1ccncc1N1CCN(c2cccc(Cl)c2F)C1=O. The molecule has 0 bridgehead atoms. The molecule has 3 rings (SSSR count). The van der Waals surface area contributed by atoms with E-state index in [-0.39, 0.29) is 16.7 Å². The third-order valence-corrected chi connectivity index (χ3v) is 3.83. The van der Waals surface area contributed by atoms with Crippen molar-refractivity contribution in [3.8, 4) is 0 Å². The first-order valence-corrected chi connectivity index (χ1v) is 6.91. The normalized spacial score (nSPS) is 14.9. The Kier molecular flexibility index (Phi) is 3.51. The molecular formula is C15H13ClFN3O. The molecule has 0 N–H and O–H groups in total. The second kappa shape index (κ2) is 5.33. The first-order valence-electron chi connectivity index (χ1n) is 6.53. The van der Waals surface area contributed by atoms with E-state index in [0.29, 0.717) is 13.1 Å². The first kappa shape index (κ1) is 13.8. The van der Waals surface area contributed by atoms with E-state index in [4.69, 9.17) is 11.6 Å². The standard InChI is InChI=1S/C15H13ClFN3O/c1-10-5-6-18-9-13(10)20-8-7-19(15(20)21)12-4-2-3-11(16)14(12)17/h2-6,9H,7-8H2,1H3. The van der Waals surface area contributed by atoms with Gasteiger partial charge >= 0.3 is 6.03 Å². The Morgan fingerprint density at radius 1 is 1.19 bits per heavy atom. The number of urea groups is 1. The number of anilines is 2. The molecule has 1 aromatic heterocycles. The Hall–Kier alpha value is -2.14. The van der Waals surface area contributed by atoms with Crippen molar-refractivity contribution in [1.29, 1.82) is 0 Å². The van der Waals surface area contributed by atoms with Crippen LogP contribution >= 0.6 is 11.6 Å². The molecule has 6 heteroatoms. The number of halogens is 2. The Balaban J connectivity index is 1.94. The highest BCUT2D eigenvalue weighted by molar-refractivity contribution is 6.31. The van der Waals surface area contributed by atoms with E-state index >= 15 is 0 Å². The fraction of sp³-hybridized carbons (Fsp3) is 0.200. The lowest BCUT2D eigenvalue weighted by Crippen LogP contribution is -2.32. The molecule has 108 valence electrons. The molecule has 0 atom stereocenters. The summed E-state index contributed by atoms with van der Waals surface area (Å²) in [6.45, 7) is 2.80. The number of hydrogen-bond donors (Lipinski definition) is 0. The fourth-order valence-corrected chi connectivity index (χ4v) is 2.59. The minimum absolute atomic E-state index is 0.0105. The second-order valence-corrected chi connectivity index (χ2v) is 5.23. The van der Waals surface area contributed by atoms with Gasteiger partial charge in [-0.3, -0.25) is 14.8 Å². The van der Waals surface area contributed by atoms with Crippen molar-refractivity contribution in [1.82, 2.24) is 4.98 Å². The van der Waals surface area contributed by atoms with E-state index < -0.39 is 5.82 Å². The zero-order valence-electron chi connectivity index (χ0n) is 11.4. The molecule has 0 unspecified atom stereocenters. The first-order chi connectivity index (χ1) is 10.1. The maximum atomic E-state index is 14.1. The Morgan fingerprint density at radius 2 is 1.90 bits per heavy atom. The average Bonchev–Trinajstić information content (AvgIpc) is 2.84. The van der Waals surface area contributed by atoms with Crippen LogP contribution in [0.4, 0.5) is 20.6 Å². The summed E-state index contributed by atoms with van der Waals surface area (Å²) in [6.07, 6.45) is 3.32. The van der Waals surface area contributed by atoms with Crippen LogP contribution in [0.5, 0.6) is 0 Å². The number of aromatic nitrogens is 1. The number of aryl methyl sites for hydroxylation is 1. The van der Waals surface area contributed by atoms with Crippen LogP contribution in [0.15, 0.2) is 36.7 Å². The summed E-state index contributed by atoms with van der Waals surface area (Å²) in [6, 6.07) is 6.21. The van der Waals surface area contributed by atoms with Crippen molar-refractivity contribution >= 4 is 29.0 Å². The van der Waals surface area contributed by atoms with Gasteiger partial charge in [-0.05, 0) is 30.7 Å². The minimum atomic E-state index is -0.572. The van der Waals surface area contributed by atoms with Crippen LogP contribution in [0.2, 0.25) is 5.02 Å². The van der Waals surface area contributed by atoms with Crippen LogP contribution in [0.3, 0.4) is 0 Å². The van der Waals surface area contributed by atoms with Gasteiger partial charge in [-0.25, -0.2) is 9.18 Å². The second-order valence-electron chi connectivity index (χ2n) is 4.82. The number of benzene rings is 1. The highest BCUT2D eigenvalue weighted by Gasteiger charge is 2.33. The van der Waals surface area contributed by atoms with E-state index in [9.17, 15) is 9.18 Å². The van der Waals surface area contributed by atoms with Crippen LogP contribution in [-0.2, 0) is 0 Å². The smallest absolute Gasteiger partial charge is 0.290 e. The third kappa shape index (κ3) is 2.34. The number of rotatable bonds is 2. The van der Waals surface area contributed by atoms with Crippen LogP contribution < -0.4 is 9.80 Å². The van der Waals surface area contributed by atoms with Gasteiger partial charge in [0.1, 0.15) is 0 Å². The van der Waals surface area contributed by atoms with Gasteiger partial charge in [0, 0.05) is 19.3 Å². The van der Waals surface area contributed by atoms with Gasteiger partial charge in [0.05, 0.1) is 22.6 Å². The van der Waals surface area contributed by atoms with Crippen molar-refractivity contribution in [2.45, 2.75) is 6.92 Å². The molecule has 1 aliphatic heterocycles. The lowest BCUT2D eigenvalue weighted by molar-refractivity contribution is 0.255. The van der Waals surface area contributed by atoms with E-state index in [2.05, 4.69) is 4.98 Å². The van der Waals surface area contributed by atoms with Gasteiger partial charge in [-0.1, -0.05) is 17.7 Å². The summed E-state index contributed by atoms with van der Waals surface area (Å²) in [5.74, 6) is -0.572. The molecule has 0 aliphatic carbocycles. The number of carbonyl (C=O) groups is 1. The van der Waals surface area contributed by atoms with Crippen molar-refractivity contribution in [3.63, 3.8) is 0 Å². The van der Waals surface area contributed by atoms with Gasteiger partial charge in [-0.2, -0.15) is 0 Å². The Labute approximate surface area is 126 Å². The molecular weight excluding hydrogens is 293 g/mol. The van der Waals surface area contributed by atoms with Crippen LogP contribution in [0.1, 0.15) is 5.56 Å². The molecule has 2 heterocycles. The summed E-state index contributed by atoms with van der Waals surface area (Å²) in [5.41, 5.74) is 1.90. The maximum absolute atomic E-state index is 14.1. The number of hydrogen-bond acceptors (Lipinski definition) is 2. The van der Waals surface area contributed by atoms with Crippen LogP contribution in [-0.4, -0.2) is 24.1 Å². The lowest BCUT2D eigenvalue weighted by Gasteiger charge is -2.20. The Bertz CT molecular complexity index is 707. The van der Waals surface area contributed by atoms with Crippen molar-refractivity contribution in [3.05, 3.63) is 53.1 Å². The van der Waals surface area contributed by atoms with E-state index in [1.54, 1.807) is 29.4 Å². The summed E-state index contributed by atoms with van der Waals surface area (Å²) < 4.78 is 14.1. The van der Waals surface area contributed by atoms with Crippen LogP contribution in [0.25, 0.3) is 0 Å². The van der Waals surface area contributed by atoms with Gasteiger partial charge in [0.15, 0.2) is 5.82 Å². The molecule has 2 amide bonds. The highest BCUT2D eigenvalue weighted by Crippen LogP contribution is 2.30. The van der Waals surface area contributed by atoms with E-state index in [1.165, 1.54) is 11.0 Å². The predicted molar refractivity (Wildman–Crippen MR) is 80.5 cm³/mol. The number of carbonyl (C=O) groups excluding carboxylic acids is 1. The van der Waals surface area contributed by atoms with E-state index in [0.717, 1.165) is 11.3 Å². The molecule has 4 nitrogen and oxygen atoms in total. The number of pyridine rings is 1.